The third-order valence-corrected chi connectivity index (χ3v) is 10.0. The van der Waals surface area contributed by atoms with Crippen LogP contribution in [0.15, 0.2) is 0 Å². The number of hydrogen-bond donors (Lipinski definition) is 4. The van der Waals surface area contributed by atoms with E-state index in [1.54, 1.807) is 0 Å². The Morgan fingerprint density at radius 3 is 1.00 bits per heavy atom. The minimum atomic E-state index is -5.26. The van der Waals surface area contributed by atoms with Gasteiger partial charge in [-0.2, -0.15) is 0 Å². The van der Waals surface area contributed by atoms with E-state index < -0.39 is 50.9 Å². The number of rotatable bonds is 6. The number of hydrogen-bond acceptors (Lipinski definition) is 10. The van der Waals surface area contributed by atoms with E-state index >= 15 is 0 Å². The van der Waals surface area contributed by atoms with E-state index in [0.717, 1.165) is 0 Å². The van der Waals surface area contributed by atoms with E-state index in [9.17, 15) is 25.3 Å². The van der Waals surface area contributed by atoms with Gasteiger partial charge in [0.15, 0.2) is 0 Å². The molecule has 0 heterocycles. The summed E-state index contributed by atoms with van der Waals surface area (Å²) in [6.07, 6.45) is 0. The Morgan fingerprint density at radius 2 is 0.889 bits per heavy atom. The summed E-state index contributed by atoms with van der Waals surface area (Å²) in [6.45, 7) is 0. The first-order chi connectivity index (χ1) is 7.43. The lowest BCUT2D eigenvalue weighted by Gasteiger charge is -2.25. The van der Waals surface area contributed by atoms with Crippen LogP contribution in [0.3, 0.4) is 0 Å². The van der Waals surface area contributed by atoms with Crippen LogP contribution in [0, 0.1) is 0 Å². The van der Waals surface area contributed by atoms with Crippen molar-refractivity contribution in [1.82, 2.24) is 0 Å². The quantitative estimate of drug-likeness (QED) is 0.368. The molecule has 10 nitrogen and oxygen atoms in total. The molecule has 0 saturated heterocycles. The molecule has 0 aromatic heterocycles. The fraction of sp³-hybridized carbons (Fsp3) is 1.00. The number of aliphatic hydroxyl groups excluding tert-OH is 3. The average Bonchev–Trinajstić information content (AvgIpc) is 2.27. The van der Waals surface area contributed by atoms with Gasteiger partial charge in [-0.1, -0.05) is 0 Å². The van der Waals surface area contributed by atoms with Gasteiger partial charge < -0.3 is 15.3 Å². The van der Waals surface area contributed by atoms with Crippen LogP contribution in [0.2, 0.25) is 0 Å². The topological polar surface area (TPSA) is 189 Å². The van der Waals surface area contributed by atoms with Crippen LogP contribution in [0.5, 0.6) is 0 Å². The molecule has 0 saturated carbocycles. The molecular weight excluding hydrogens is 338 g/mol. The van der Waals surface area contributed by atoms with Crippen LogP contribution in [0.25, 0.3) is 0 Å². The molecule has 5 N–H and O–H groups in total. The van der Waals surface area contributed by atoms with Crippen molar-refractivity contribution in [2.75, 3.05) is 17.8 Å². The van der Waals surface area contributed by atoms with Crippen molar-refractivity contribution in [2.24, 2.45) is 5.73 Å². The van der Waals surface area contributed by atoms with E-state index in [2.05, 4.69) is 0 Å². The number of halogens is 1. The lowest BCUT2D eigenvalue weighted by Crippen LogP contribution is -2.62. The lowest BCUT2D eigenvalue weighted by atomic mass is 11.4. The van der Waals surface area contributed by atoms with E-state index in [0.29, 0.717) is 0 Å². The Hall–Kier alpha value is -0.0200. The van der Waals surface area contributed by atoms with Crippen molar-refractivity contribution < 1.29 is 40.6 Å². The second-order valence-corrected chi connectivity index (χ2v) is 10.0. The summed E-state index contributed by atoms with van der Waals surface area (Å²) in [7, 11) is -15.8. The summed E-state index contributed by atoms with van der Waals surface area (Å²) in [5, 5.41) is 25.5. The molecule has 0 amide bonds. The molecule has 0 rings (SSSR count). The maximum atomic E-state index is 11.3. The standard InChI is InChI=1S/C4H11NO9S3.ClH/c5-4(15(9,10)1-6,16(11,12)2-7)17(13,14)3-8;/h6-8H,1-3,5H2;1H. The first kappa shape index (κ1) is 20.3. The van der Waals surface area contributed by atoms with Crippen LogP contribution in [-0.4, -0.2) is 61.9 Å². The normalized spacial score (nSPS) is 14.0. The van der Waals surface area contributed by atoms with Gasteiger partial charge in [0, 0.05) is 0 Å². The Kier molecular flexibility index (Phi) is 6.72. The van der Waals surface area contributed by atoms with Crippen molar-refractivity contribution in [3.05, 3.63) is 0 Å². The summed E-state index contributed by atoms with van der Waals surface area (Å²) in [5.41, 5.74) is 4.82. The number of sulfone groups is 3. The van der Waals surface area contributed by atoms with Crippen molar-refractivity contribution in [1.29, 1.82) is 0 Å². The smallest absolute Gasteiger partial charge is 0.328 e. The molecule has 0 fully saturated rings. The Labute approximate surface area is 110 Å². The van der Waals surface area contributed by atoms with E-state index in [-0.39, 0.29) is 12.4 Å². The van der Waals surface area contributed by atoms with E-state index in [4.69, 9.17) is 21.1 Å². The molecule has 0 aromatic carbocycles. The minimum absolute atomic E-state index is 0. The molecule has 0 aromatic rings. The van der Waals surface area contributed by atoms with Gasteiger partial charge in [0.1, 0.15) is 17.8 Å². The highest BCUT2D eigenvalue weighted by Gasteiger charge is 2.61. The van der Waals surface area contributed by atoms with Crippen molar-refractivity contribution in [3.63, 3.8) is 0 Å². The summed E-state index contributed by atoms with van der Waals surface area (Å²) >= 11 is 0. The maximum Gasteiger partial charge on any atom is 0.328 e. The zero-order chi connectivity index (χ0) is 14.1. The molecule has 0 aliphatic carbocycles. The van der Waals surface area contributed by atoms with Crippen molar-refractivity contribution >= 4 is 41.9 Å². The van der Waals surface area contributed by atoms with Crippen molar-refractivity contribution in [2.45, 2.75) is 3.54 Å². The molecule has 0 aliphatic rings. The van der Waals surface area contributed by atoms with E-state index in [1.165, 1.54) is 0 Å². The molecule has 0 atom stereocenters. The van der Waals surface area contributed by atoms with Gasteiger partial charge in [-0.25, -0.2) is 25.3 Å². The van der Waals surface area contributed by atoms with Crippen LogP contribution < -0.4 is 5.73 Å². The maximum absolute atomic E-state index is 11.3. The van der Waals surface area contributed by atoms with E-state index in [1.807, 2.05) is 0 Å². The van der Waals surface area contributed by atoms with Crippen molar-refractivity contribution in [3.8, 4) is 0 Å². The van der Waals surface area contributed by atoms with Gasteiger partial charge in [-0.15, -0.1) is 12.4 Å². The number of aliphatic hydroxyl groups is 3. The third kappa shape index (κ3) is 2.77. The predicted molar refractivity (Wildman–Crippen MR) is 62.2 cm³/mol. The van der Waals surface area contributed by atoms with Gasteiger partial charge >= 0.3 is 3.54 Å². The molecule has 18 heavy (non-hydrogen) atoms. The highest BCUT2D eigenvalue weighted by atomic mass is 35.5. The first-order valence-corrected chi connectivity index (χ1v) is 8.67. The van der Waals surface area contributed by atoms with Crippen LogP contribution >= 0.6 is 12.4 Å². The summed E-state index contributed by atoms with van der Waals surface area (Å²) in [4.78, 5) is 0. The van der Waals surface area contributed by atoms with Gasteiger partial charge in [0.25, 0.3) is 0 Å². The van der Waals surface area contributed by atoms with Gasteiger partial charge in [0.05, 0.1) is 0 Å². The largest absolute Gasteiger partial charge is 0.380 e. The Bertz CT molecular complexity index is 492. The molecule has 0 unspecified atom stereocenters. The molecule has 112 valence electrons. The molecule has 0 spiro atoms. The molecule has 0 bridgehead atoms. The van der Waals surface area contributed by atoms with Crippen LogP contribution in [0.4, 0.5) is 0 Å². The SMILES string of the molecule is Cl.NC(S(=O)(=O)CO)(S(=O)(=O)CO)S(=O)(=O)CO. The zero-order valence-electron chi connectivity index (χ0n) is 8.62. The summed E-state index contributed by atoms with van der Waals surface area (Å²) < 4.78 is 63.7. The minimum Gasteiger partial charge on any atom is -0.380 e. The highest BCUT2D eigenvalue weighted by molar-refractivity contribution is 8.25. The highest BCUT2D eigenvalue weighted by Crippen LogP contribution is 2.27. The zero-order valence-corrected chi connectivity index (χ0v) is 11.9. The summed E-state index contributed by atoms with van der Waals surface area (Å²) in [5.74, 6) is -5.66. The lowest BCUT2D eigenvalue weighted by molar-refractivity contribution is 0.344. The molecule has 0 radical (unpaired) electrons. The molecular formula is C4H12ClNO9S3. The fourth-order valence-electron chi connectivity index (χ4n) is 0.850. The Morgan fingerprint density at radius 1 is 0.722 bits per heavy atom. The molecule has 14 heteroatoms. The van der Waals surface area contributed by atoms with Crippen LogP contribution in [-0.2, 0) is 29.5 Å². The fourth-order valence-corrected chi connectivity index (χ4v) is 6.98. The first-order valence-electron chi connectivity index (χ1n) is 3.72. The Balaban J connectivity index is 0. The third-order valence-electron chi connectivity index (χ3n) is 1.81. The van der Waals surface area contributed by atoms with Crippen LogP contribution in [0.1, 0.15) is 0 Å². The second-order valence-electron chi connectivity index (χ2n) is 2.84. The number of nitrogens with two attached hydrogens (primary N) is 1. The monoisotopic (exact) mass is 349 g/mol. The van der Waals surface area contributed by atoms with Gasteiger partial charge in [-0.3, -0.25) is 5.73 Å². The molecule has 0 aliphatic heterocycles. The summed E-state index contributed by atoms with van der Waals surface area (Å²) in [6, 6.07) is 0. The average molecular weight is 350 g/mol. The predicted octanol–water partition coefficient (Wildman–Crippen LogP) is -3.93. The van der Waals surface area contributed by atoms with Gasteiger partial charge in [0.2, 0.25) is 29.5 Å². The van der Waals surface area contributed by atoms with Gasteiger partial charge in [-0.05, 0) is 0 Å². The second kappa shape index (κ2) is 5.96.